The van der Waals surface area contributed by atoms with Gasteiger partial charge in [0.2, 0.25) is 0 Å². The van der Waals surface area contributed by atoms with Crippen molar-refractivity contribution in [3.8, 4) is 11.4 Å². The molecular weight excluding hydrogens is 264 g/mol. The van der Waals surface area contributed by atoms with Crippen LogP contribution in [-0.2, 0) is 13.0 Å². The van der Waals surface area contributed by atoms with Crippen molar-refractivity contribution in [1.82, 2.24) is 15.0 Å². The summed E-state index contributed by atoms with van der Waals surface area (Å²) in [5.41, 5.74) is 9.25. The number of ether oxygens (including phenoxy) is 1. The normalized spacial score (nSPS) is 10.8. The lowest BCUT2D eigenvalue weighted by atomic mass is 10.2. The summed E-state index contributed by atoms with van der Waals surface area (Å²) in [6, 6.07) is 3.73. The molecule has 0 amide bonds. The third kappa shape index (κ3) is 2.43. The molecule has 0 atom stereocenters. The number of halogens is 1. The second-order valence-electron chi connectivity index (χ2n) is 4.23. The molecule has 102 valence electrons. The molecule has 2 rings (SSSR count). The minimum absolute atomic E-state index is 0.373. The molecule has 1 heterocycles. The summed E-state index contributed by atoms with van der Waals surface area (Å²) in [5.74, 6) is 0.666. The number of methoxy groups -OCH3 is 1. The zero-order valence-corrected chi connectivity index (χ0v) is 12.0. The fourth-order valence-electron chi connectivity index (χ4n) is 2.02. The molecule has 0 saturated carbocycles. The maximum atomic E-state index is 6.11. The van der Waals surface area contributed by atoms with Crippen molar-refractivity contribution in [3.63, 3.8) is 0 Å². The van der Waals surface area contributed by atoms with Gasteiger partial charge in [0, 0.05) is 17.6 Å². The Labute approximate surface area is 117 Å². The summed E-state index contributed by atoms with van der Waals surface area (Å²) in [7, 11) is 1.61. The molecule has 0 aliphatic heterocycles. The Bertz CT molecular complexity index is 595. The molecule has 0 spiro atoms. The number of rotatable bonds is 4. The van der Waals surface area contributed by atoms with Crippen LogP contribution >= 0.6 is 11.6 Å². The molecule has 2 N–H and O–H groups in total. The number of hydrogen-bond donors (Lipinski definition) is 1. The summed E-state index contributed by atoms with van der Waals surface area (Å²) in [4.78, 5) is 0. The van der Waals surface area contributed by atoms with E-state index in [0.717, 1.165) is 29.1 Å². The summed E-state index contributed by atoms with van der Waals surface area (Å²) in [6.45, 7) is 4.36. The van der Waals surface area contributed by atoms with Crippen LogP contribution in [-0.4, -0.2) is 22.1 Å². The van der Waals surface area contributed by atoms with E-state index in [1.165, 1.54) is 0 Å². The fourth-order valence-corrected chi connectivity index (χ4v) is 2.17. The lowest BCUT2D eigenvalue weighted by Crippen LogP contribution is -2.07. The van der Waals surface area contributed by atoms with Gasteiger partial charge < -0.3 is 10.5 Å². The number of aromatic nitrogens is 3. The number of nitrogens with two attached hydrogens (primary N) is 1. The van der Waals surface area contributed by atoms with Gasteiger partial charge >= 0.3 is 0 Å². The van der Waals surface area contributed by atoms with Crippen molar-refractivity contribution in [2.45, 2.75) is 26.8 Å². The van der Waals surface area contributed by atoms with Crippen LogP contribution < -0.4 is 10.5 Å². The lowest BCUT2D eigenvalue weighted by Gasteiger charge is -2.12. The maximum Gasteiger partial charge on any atom is 0.146 e. The zero-order valence-electron chi connectivity index (χ0n) is 11.3. The van der Waals surface area contributed by atoms with Gasteiger partial charge in [0.15, 0.2) is 0 Å². The van der Waals surface area contributed by atoms with Crippen molar-refractivity contribution < 1.29 is 4.74 Å². The molecular formula is C13H17ClN4O. The van der Waals surface area contributed by atoms with E-state index in [2.05, 4.69) is 10.3 Å². The molecule has 1 aromatic carbocycles. The van der Waals surface area contributed by atoms with Crippen molar-refractivity contribution in [2.75, 3.05) is 7.11 Å². The van der Waals surface area contributed by atoms with Crippen LogP contribution in [0.2, 0.25) is 5.02 Å². The fraction of sp³-hybridized carbons (Fsp3) is 0.385. The Morgan fingerprint density at radius 2 is 2.16 bits per heavy atom. The first-order chi connectivity index (χ1) is 9.12. The molecule has 6 heteroatoms. The van der Waals surface area contributed by atoms with E-state index in [0.29, 0.717) is 17.3 Å². The zero-order chi connectivity index (χ0) is 14.0. The summed E-state index contributed by atoms with van der Waals surface area (Å²) >= 11 is 6.11. The lowest BCUT2D eigenvalue weighted by molar-refractivity contribution is 0.411. The molecule has 19 heavy (non-hydrogen) atoms. The van der Waals surface area contributed by atoms with Crippen molar-refractivity contribution >= 4 is 11.6 Å². The first-order valence-electron chi connectivity index (χ1n) is 6.10. The van der Waals surface area contributed by atoms with Crippen LogP contribution in [0.5, 0.6) is 5.75 Å². The minimum Gasteiger partial charge on any atom is -0.494 e. The SMILES string of the molecule is CCc1c(CN)nnn1-c1cc(C)c(Cl)cc1OC. The van der Waals surface area contributed by atoms with E-state index in [9.17, 15) is 0 Å². The minimum atomic E-state index is 0.373. The molecule has 0 aliphatic carbocycles. The molecule has 0 radical (unpaired) electrons. The predicted octanol–water partition coefficient (Wildman–Crippen LogP) is 2.26. The van der Waals surface area contributed by atoms with Gasteiger partial charge in [-0.1, -0.05) is 23.7 Å². The Morgan fingerprint density at radius 1 is 1.42 bits per heavy atom. The molecule has 1 aromatic heterocycles. The van der Waals surface area contributed by atoms with Crippen LogP contribution in [0.3, 0.4) is 0 Å². The van der Waals surface area contributed by atoms with E-state index in [4.69, 9.17) is 22.1 Å². The van der Waals surface area contributed by atoms with Gasteiger partial charge in [-0.05, 0) is 25.0 Å². The molecule has 0 aliphatic rings. The van der Waals surface area contributed by atoms with Crippen LogP contribution in [0, 0.1) is 6.92 Å². The molecule has 0 saturated heterocycles. The summed E-state index contributed by atoms with van der Waals surface area (Å²) in [6.07, 6.45) is 0.796. The van der Waals surface area contributed by atoms with E-state index in [1.807, 2.05) is 19.9 Å². The van der Waals surface area contributed by atoms with Gasteiger partial charge in [-0.3, -0.25) is 0 Å². The van der Waals surface area contributed by atoms with Crippen molar-refractivity contribution in [3.05, 3.63) is 34.1 Å². The highest BCUT2D eigenvalue weighted by molar-refractivity contribution is 6.31. The first-order valence-corrected chi connectivity index (χ1v) is 6.48. The van der Waals surface area contributed by atoms with Crippen molar-refractivity contribution in [1.29, 1.82) is 0 Å². The van der Waals surface area contributed by atoms with E-state index < -0.39 is 0 Å². The molecule has 0 bridgehead atoms. The number of aryl methyl sites for hydroxylation is 1. The third-order valence-electron chi connectivity index (χ3n) is 3.06. The second-order valence-corrected chi connectivity index (χ2v) is 4.63. The summed E-state index contributed by atoms with van der Waals surface area (Å²) < 4.78 is 7.14. The quantitative estimate of drug-likeness (QED) is 0.933. The third-order valence-corrected chi connectivity index (χ3v) is 3.47. The molecule has 5 nitrogen and oxygen atoms in total. The Balaban J connectivity index is 2.64. The Hall–Kier alpha value is -1.59. The van der Waals surface area contributed by atoms with Gasteiger partial charge in [-0.25, -0.2) is 4.68 Å². The van der Waals surface area contributed by atoms with E-state index in [-0.39, 0.29) is 0 Å². The van der Waals surface area contributed by atoms with Gasteiger partial charge in [0.1, 0.15) is 11.4 Å². The Morgan fingerprint density at radius 3 is 2.74 bits per heavy atom. The highest BCUT2D eigenvalue weighted by Crippen LogP contribution is 2.30. The second kappa shape index (κ2) is 5.59. The van der Waals surface area contributed by atoms with Gasteiger partial charge in [-0.15, -0.1) is 5.10 Å². The standard InChI is InChI=1S/C13H17ClN4O/c1-4-11-10(7-15)16-17-18(11)12-5-8(2)9(14)6-13(12)19-3/h5-6H,4,7,15H2,1-3H3. The largest absolute Gasteiger partial charge is 0.494 e. The Kier molecular flexibility index (Phi) is 4.07. The van der Waals surface area contributed by atoms with E-state index in [1.54, 1.807) is 17.9 Å². The maximum absolute atomic E-state index is 6.11. The van der Waals surface area contributed by atoms with Crippen LogP contribution in [0.4, 0.5) is 0 Å². The smallest absolute Gasteiger partial charge is 0.146 e. The van der Waals surface area contributed by atoms with Crippen LogP contribution in [0.25, 0.3) is 5.69 Å². The molecule has 0 fully saturated rings. The van der Waals surface area contributed by atoms with Gasteiger partial charge in [0.25, 0.3) is 0 Å². The highest BCUT2D eigenvalue weighted by Gasteiger charge is 2.16. The van der Waals surface area contributed by atoms with Crippen LogP contribution in [0.1, 0.15) is 23.9 Å². The summed E-state index contributed by atoms with van der Waals surface area (Å²) in [5, 5.41) is 8.94. The predicted molar refractivity (Wildman–Crippen MR) is 74.9 cm³/mol. The van der Waals surface area contributed by atoms with Crippen LogP contribution in [0.15, 0.2) is 12.1 Å². The molecule has 0 unspecified atom stereocenters. The van der Waals surface area contributed by atoms with E-state index >= 15 is 0 Å². The average Bonchev–Trinajstić information content (AvgIpc) is 2.83. The van der Waals surface area contributed by atoms with Crippen molar-refractivity contribution in [2.24, 2.45) is 5.73 Å². The average molecular weight is 281 g/mol. The monoisotopic (exact) mass is 280 g/mol. The number of nitrogens with zero attached hydrogens (tertiary/aromatic N) is 3. The number of hydrogen-bond acceptors (Lipinski definition) is 4. The topological polar surface area (TPSA) is 66.0 Å². The van der Waals surface area contributed by atoms with Gasteiger partial charge in [0.05, 0.1) is 18.5 Å². The number of benzene rings is 1. The first kappa shape index (κ1) is 13.8. The van der Waals surface area contributed by atoms with Gasteiger partial charge in [-0.2, -0.15) is 0 Å². The molecule has 2 aromatic rings. The highest BCUT2D eigenvalue weighted by atomic mass is 35.5.